The lowest BCUT2D eigenvalue weighted by molar-refractivity contribution is -0.124. The number of rotatable bonds is 3. The highest BCUT2D eigenvalue weighted by molar-refractivity contribution is 6.00. The van der Waals surface area contributed by atoms with Crippen LogP contribution in [0.1, 0.15) is 30.4 Å². The first-order chi connectivity index (χ1) is 10.5. The van der Waals surface area contributed by atoms with Crippen LogP contribution in [0.15, 0.2) is 42.5 Å². The number of carbonyl (C=O) groups is 1. The van der Waals surface area contributed by atoms with Crippen molar-refractivity contribution in [2.24, 2.45) is 0 Å². The van der Waals surface area contributed by atoms with Gasteiger partial charge >= 0.3 is 0 Å². The van der Waals surface area contributed by atoms with Gasteiger partial charge in [0.1, 0.15) is 11.6 Å². The normalized spacial score (nSPS) is 16.0. The van der Waals surface area contributed by atoms with Crippen molar-refractivity contribution in [3.05, 3.63) is 65.2 Å². The Balaban J connectivity index is 1.89. The number of hydrogen-bond acceptors (Lipinski definition) is 1. The Hall–Kier alpha value is -2.23. The average Bonchev–Trinajstić information content (AvgIpc) is 2.44. The van der Waals surface area contributed by atoms with E-state index in [4.69, 9.17) is 0 Å². The lowest BCUT2D eigenvalue weighted by Crippen LogP contribution is -2.46. The van der Waals surface area contributed by atoms with Crippen LogP contribution in [0.2, 0.25) is 0 Å². The van der Waals surface area contributed by atoms with Gasteiger partial charge in [-0.15, -0.1) is 0 Å². The number of hydrogen-bond donors (Lipinski definition) is 1. The van der Waals surface area contributed by atoms with E-state index in [9.17, 15) is 13.6 Å². The van der Waals surface area contributed by atoms with Gasteiger partial charge in [0.25, 0.3) is 0 Å². The van der Waals surface area contributed by atoms with E-state index >= 15 is 0 Å². The van der Waals surface area contributed by atoms with E-state index < -0.39 is 5.41 Å². The summed E-state index contributed by atoms with van der Waals surface area (Å²) in [5.41, 5.74) is 1.47. The van der Waals surface area contributed by atoms with Crippen LogP contribution in [0.25, 0.3) is 0 Å². The third kappa shape index (κ3) is 2.49. The van der Waals surface area contributed by atoms with Gasteiger partial charge in [0.2, 0.25) is 5.91 Å². The van der Waals surface area contributed by atoms with Crippen LogP contribution >= 0.6 is 0 Å². The van der Waals surface area contributed by atoms with Crippen LogP contribution in [0.3, 0.4) is 0 Å². The van der Waals surface area contributed by atoms with Gasteiger partial charge < -0.3 is 5.32 Å². The van der Waals surface area contributed by atoms with Crippen molar-refractivity contribution >= 4 is 11.6 Å². The third-order valence-electron chi connectivity index (χ3n) is 4.49. The van der Waals surface area contributed by atoms with E-state index in [2.05, 4.69) is 5.32 Å². The molecule has 1 N–H and O–H groups in total. The SMILES string of the molecule is Cc1ccc(F)cc1NC(=O)C1(c2ccc(F)cc2)CCC1. The van der Waals surface area contributed by atoms with E-state index in [-0.39, 0.29) is 17.5 Å². The summed E-state index contributed by atoms with van der Waals surface area (Å²) in [6, 6.07) is 10.4. The Morgan fingerprint density at radius 1 is 1.05 bits per heavy atom. The number of halogens is 2. The van der Waals surface area contributed by atoms with Crippen molar-refractivity contribution in [1.82, 2.24) is 0 Å². The molecule has 1 amide bonds. The van der Waals surface area contributed by atoms with Crippen molar-refractivity contribution in [2.45, 2.75) is 31.6 Å². The summed E-state index contributed by atoms with van der Waals surface area (Å²) in [6.45, 7) is 1.82. The standard InChI is InChI=1S/C18H17F2NO/c1-12-3-6-15(20)11-16(12)21-17(22)18(9-2-10-18)13-4-7-14(19)8-5-13/h3-8,11H,2,9-10H2,1H3,(H,21,22). The Kier molecular flexibility index (Phi) is 3.69. The van der Waals surface area contributed by atoms with Gasteiger partial charge in [0.05, 0.1) is 5.41 Å². The van der Waals surface area contributed by atoms with Gasteiger partial charge in [-0.3, -0.25) is 4.79 Å². The monoisotopic (exact) mass is 301 g/mol. The molecule has 0 aromatic heterocycles. The molecule has 4 heteroatoms. The lowest BCUT2D eigenvalue weighted by atomic mass is 9.63. The summed E-state index contributed by atoms with van der Waals surface area (Å²) in [4.78, 5) is 12.7. The zero-order valence-corrected chi connectivity index (χ0v) is 12.3. The Morgan fingerprint density at radius 3 is 2.27 bits per heavy atom. The first kappa shape index (κ1) is 14.7. The summed E-state index contributed by atoms with van der Waals surface area (Å²) in [5, 5.41) is 2.83. The van der Waals surface area contributed by atoms with Crippen LogP contribution < -0.4 is 5.32 Å². The van der Waals surface area contributed by atoms with E-state index in [1.807, 2.05) is 6.92 Å². The minimum absolute atomic E-state index is 0.154. The molecule has 1 saturated carbocycles. The summed E-state index contributed by atoms with van der Waals surface area (Å²) in [5.74, 6) is -0.857. The molecule has 0 saturated heterocycles. The molecule has 2 aromatic carbocycles. The van der Waals surface area contributed by atoms with E-state index in [1.165, 1.54) is 24.3 Å². The van der Waals surface area contributed by atoms with E-state index in [0.717, 1.165) is 30.4 Å². The smallest absolute Gasteiger partial charge is 0.235 e. The van der Waals surface area contributed by atoms with E-state index in [1.54, 1.807) is 18.2 Å². The molecule has 1 aliphatic carbocycles. The van der Waals surface area contributed by atoms with Crippen molar-refractivity contribution in [3.63, 3.8) is 0 Å². The maximum atomic E-state index is 13.4. The van der Waals surface area contributed by atoms with Crippen LogP contribution in [0.5, 0.6) is 0 Å². The fraction of sp³-hybridized carbons (Fsp3) is 0.278. The fourth-order valence-corrected chi connectivity index (χ4v) is 2.92. The first-order valence-electron chi connectivity index (χ1n) is 7.35. The lowest BCUT2D eigenvalue weighted by Gasteiger charge is -2.40. The molecule has 0 aliphatic heterocycles. The number of benzene rings is 2. The molecule has 0 unspecified atom stereocenters. The van der Waals surface area contributed by atoms with E-state index in [0.29, 0.717) is 5.69 Å². The van der Waals surface area contributed by atoms with Crippen molar-refractivity contribution in [2.75, 3.05) is 5.32 Å². The Labute approximate surface area is 128 Å². The van der Waals surface area contributed by atoms with Crippen molar-refractivity contribution in [1.29, 1.82) is 0 Å². The predicted octanol–water partition coefficient (Wildman–Crippen LogP) is 4.33. The van der Waals surface area contributed by atoms with Crippen LogP contribution in [0, 0.1) is 18.6 Å². The largest absolute Gasteiger partial charge is 0.325 e. The molecule has 22 heavy (non-hydrogen) atoms. The highest BCUT2D eigenvalue weighted by atomic mass is 19.1. The maximum Gasteiger partial charge on any atom is 0.235 e. The Bertz CT molecular complexity index is 706. The molecule has 0 bridgehead atoms. The van der Waals surface area contributed by atoms with Crippen LogP contribution in [-0.2, 0) is 10.2 Å². The van der Waals surface area contributed by atoms with Gasteiger partial charge in [-0.2, -0.15) is 0 Å². The third-order valence-corrected chi connectivity index (χ3v) is 4.49. The molecule has 3 rings (SSSR count). The quantitative estimate of drug-likeness (QED) is 0.898. The van der Waals surface area contributed by atoms with Crippen LogP contribution in [-0.4, -0.2) is 5.91 Å². The summed E-state index contributed by atoms with van der Waals surface area (Å²) in [6.07, 6.45) is 2.39. The highest BCUT2D eigenvalue weighted by Gasteiger charge is 2.45. The molecule has 2 nitrogen and oxygen atoms in total. The van der Waals surface area contributed by atoms with Gasteiger partial charge in [-0.1, -0.05) is 24.6 Å². The maximum absolute atomic E-state index is 13.4. The molecule has 0 atom stereocenters. The first-order valence-corrected chi connectivity index (χ1v) is 7.35. The summed E-state index contributed by atoms with van der Waals surface area (Å²) in [7, 11) is 0. The molecule has 1 aliphatic rings. The minimum Gasteiger partial charge on any atom is -0.325 e. The summed E-state index contributed by atoms with van der Waals surface area (Å²) < 4.78 is 26.5. The number of nitrogens with one attached hydrogen (secondary N) is 1. The molecule has 0 radical (unpaired) electrons. The zero-order valence-electron chi connectivity index (χ0n) is 12.3. The predicted molar refractivity (Wildman–Crippen MR) is 81.7 cm³/mol. The number of aryl methyl sites for hydroxylation is 1. The molecular weight excluding hydrogens is 284 g/mol. The second-order valence-electron chi connectivity index (χ2n) is 5.86. The molecular formula is C18H17F2NO. The number of anilines is 1. The second-order valence-corrected chi connectivity index (χ2v) is 5.86. The number of amides is 1. The fourth-order valence-electron chi connectivity index (χ4n) is 2.92. The molecule has 0 spiro atoms. The van der Waals surface area contributed by atoms with Gasteiger partial charge in [0, 0.05) is 5.69 Å². The molecule has 1 fully saturated rings. The van der Waals surface area contributed by atoms with Gasteiger partial charge in [-0.05, 0) is 55.2 Å². The van der Waals surface area contributed by atoms with Crippen LogP contribution in [0.4, 0.5) is 14.5 Å². The molecule has 0 heterocycles. The summed E-state index contributed by atoms with van der Waals surface area (Å²) >= 11 is 0. The van der Waals surface area contributed by atoms with Crippen molar-refractivity contribution in [3.8, 4) is 0 Å². The second kappa shape index (κ2) is 5.52. The van der Waals surface area contributed by atoms with Gasteiger partial charge in [-0.25, -0.2) is 8.78 Å². The van der Waals surface area contributed by atoms with Gasteiger partial charge in [0.15, 0.2) is 0 Å². The average molecular weight is 301 g/mol. The zero-order chi connectivity index (χ0) is 15.7. The molecule has 114 valence electrons. The highest BCUT2D eigenvalue weighted by Crippen LogP contribution is 2.44. The molecule has 2 aromatic rings. The van der Waals surface area contributed by atoms with Crippen molar-refractivity contribution < 1.29 is 13.6 Å². The minimum atomic E-state index is -0.632. The number of carbonyl (C=O) groups excluding carboxylic acids is 1. The topological polar surface area (TPSA) is 29.1 Å². The Morgan fingerprint density at radius 2 is 1.68 bits per heavy atom.